The van der Waals surface area contributed by atoms with Gasteiger partial charge in [-0.3, -0.25) is 9.78 Å². The normalized spacial score (nSPS) is 19.2. The highest BCUT2D eigenvalue weighted by Crippen LogP contribution is 2.35. The van der Waals surface area contributed by atoms with Crippen LogP contribution in [0.2, 0.25) is 0 Å². The molecule has 4 heterocycles. The van der Waals surface area contributed by atoms with E-state index in [4.69, 9.17) is 21.3 Å². The quantitative estimate of drug-likeness (QED) is 0.246. The Morgan fingerprint density at radius 3 is 2.82 bits per heavy atom. The zero-order valence-electron chi connectivity index (χ0n) is 26.8. The van der Waals surface area contributed by atoms with Crippen LogP contribution in [0.15, 0.2) is 43.2 Å². The van der Waals surface area contributed by atoms with Crippen LogP contribution in [0.1, 0.15) is 43.0 Å². The number of likely N-dealkylation sites (N-methyl/N-ethyl adjacent to an activating group) is 1. The Hall–Kier alpha value is -4.23. The highest BCUT2D eigenvalue weighted by molar-refractivity contribution is 5.96. The number of pyridine rings is 1. The van der Waals surface area contributed by atoms with Crippen molar-refractivity contribution in [2.45, 2.75) is 58.2 Å². The van der Waals surface area contributed by atoms with Crippen molar-refractivity contribution < 1.29 is 9.53 Å². The lowest BCUT2D eigenvalue weighted by molar-refractivity contribution is -0.128. The third-order valence-electron chi connectivity index (χ3n) is 9.85. The first kappa shape index (κ1) is 30.8. The van der Waals surface area contributed by atoms with Gasteiger partial charge in [0, 0.05) is 61.3 Å². The first-order valence-electron chi connectivity index (χ1n) is 16.2. The number of aryl methyl sites for hydroxylation is 1. The first-order chi connectivity index (χ1) is 21.9. The monoisotopic (exact) mass is 608 g/mol. The molecule has 2 fully saturated rings. The van der Waals surface area contributed by atoms with E-state index < -0.39 is 0 Å². The minimum absolute atomic E-state index is 0.133. The maximum absolute atomic E-state index is 12.6. The van der Waals surface area contributed by atoms with E-state index in [0.717, 1.165) is 53.6 Å². The fourth-order valence-corrected chi connectivity index (χ4v) is 6.86. The maximum atomic E-state index is 12.6. The summed E-state index contributed by atoms with van der Waals surface area (Å²) in [7, 11) is 2.17. The van der Waals surface area contributed by atoms with Crippen molar-refractivity contribution in [3.63, 3.8) is 0 Å². The highest BCUT2D eigenvalue weighted by Gasteiger charge is 2.35. The Kier molecular flexibility index (Phi) is 9.17. The summed E-state index contributed by atoms with van der Waals surface area (Å²) < 4.78 is 6.35. The lowest BCUT2D eigenvalue weighted by atomic mass is 9.85. The molecule has 2 aliphatic heterocycles. The van der Waals surface area contributed by atoms with E-state index in [2.05, 4.69) is 70.2 Å². The summed E-state index contributed by atoms with van der Waals surface area (Å²) in [6.45, 7) is 20.5. The van der Waals surface area contributed by atoms with Gasteiger partial charge in [-0.05, 0) is 57.7 Å². The maximum Gasteiger partial charge on any atom is 0.318 e. The van der Waals surface area contributed by atoms with Crippen molar-refractivity contribution in [1.29, 1.82) is 0 Å². The average molecular weight is 609 g/mol. The summed E-state index contributed by atoms with van der Waals surface area (Å²) in [4.78, 5) is 39.6. The lowest BCUT2D eigenvalue weighted by Gasteiger charge is -2.41. The molecular formula is C35H44N8O2. The molecule has 1 aliphatic carbocycles. The molecule has 0 N–H and O–H groups in total. The number of anilines is 2. The second-order valence-corrected chi connectivity index (χ2v) is 12.8. The second kappa shape index (κ2) is 13.4. The van der Waals surface area contributed by atoms with Crippen LogP contribution in [0.5, 0.6) is 6.01 Å². The molecule has 1 amide bonds. The van der Waals surface area contributed by atoms with Gasteiger partial charge >= 0.3 is 6.01 Å². The van der Waals surface area contributed by atoms with E-state index in [-0.39, 0.29) is 24.5 Å². The summed E-state index contributed by atoms with van der Waals surface area (Å²) in [5.41, 5.74) is 4.40. The molecule has 1 saturated carbocycles. The van der Waals surface area contributed by atoms with Gasteiger partial charge in [0.15, 0.2) is 0 Å². The fraction of sp³-hybridized carbons (Fsp3) is 0.514. The van der Waals surface area contributed by atoms with E-state index in [1.807, 2.05) is 12.4 Å². The van der Waals surface area contributed by atoms with Gasteiger partial charge in [0.2, 0.25) is 12.5 Å². The molecule has 3 aliphatic rings. The van der Waals surface area contributed by atoms with Gasteiger partial charge < -0.3 is 29.2 Å². The van der Waals surface area contributed by atoms with Gasteiger partial charge in [-0.1, -0.05) is 31.2 Å². The van der Waals surface area contributed by atoms with Crippen molar-refractivity contribution in [2.75, 3.05) is 62.7 Å². The standard InChI is InChI=1S/C35H44N8O2/c1-6-32(44)43-16-15-42(21-28(43)18-36-4)34-29-13-14-41(31-19-37-17-27-12-7-9-24(2)33(27)31)22-30(29)38-35(39-34)45-23-25(3)40(5)20-26-10-8-11-26/h6-7,9,12,17,19,25-26,28H,1,8,10-11,13-16,18,20-23H2,2-3,5H3/t25-,28-/m0/s1. The summed E-state index contributed by atoms with van der Waals surface area (Å²) in [5, 5.41) is 2.35. The number of fused-ring (bicyclic) bond motifs is 2. The van der Waals surface area contributed by atoms with Crippen molar-refractivity contribution >= 4 is 28.2 Å². The van der Waals surface area contributed by atoms with Crippen LogP contribution in [-0.2, 0) is 17.8 Å². The predicted molar refractivity (Wildman–Crippen MR) is 178 cm³/mol. The minimum Gasteiger partial charge on any atom is -0.462 e. The van der Waals surface area contributed by atoms with Gasteiger partial charge in [0.05, 0.1) is 24.1 Å². The number of carbonyl (C=O) groups excluding carboxylic acids is 1. The van der Waals surface area contributed by atoms with E-state index >= 15 is 0 Å². The van der Waals surface area contributed by atoms with Crippen LogP contribution >= 0.6 is 0 Å². The summed E-state index contributed by atoms with van der Waals surface area (Å²) >= 11 is 0. The number of benzene rings is 1. The topological polar surface area (TPSA) is 82.3 Å². The Morgan fingerprint density at radius 1 is 1.22 bits per heavy atom. The highest BCUT2D eigenvalue weighted by atomic mass is 16.5. The third kappa shape index (κ3) is 6.45. The zero-order chi connectivity index (χ0) is 31.5. The van der Waals surface area contributed by atoms with E-state index in [9.17, 15) is 4.79 Å². The Balaban J connectivity index is 1.30. The average Bonchev–Trinajstić information content (AvgIpc) is 3.04. The summed E-state index contributed by atoms with van der Waals surface area (Å²) in [5.74, 6) is 1.52. The molecule has 2 aromatic heterocycles. The van der Waals surface area contributed by atoms with Gasteiger partial charge in [-0.15, -0.1) is 0 Å². The number of piperazine rings is 1. The number of nitrogens with zero attached hydrogens (tertiary/aromatic N) is 8. The van der Waals surface area contributed by atoms with Gasteiger partial charge in [0.1, 0.15) is 18.5 Å². The van der Waals surface area contributed by atoms with E-state index in [1.54, 1.807) is 4.90 Å². The predicted octanol–water partition coefficient (Wildman–Crippen LogP) is 4.52. The molecule has 45 heavy (non-hydrogen) atoms. The Labute approximate surface area is 266 Å². The molecule has 0 radical (unpaired) electrons. The zero-order valence-corrected chi connectivity index (χ0v) is 26.8. The van der Waals surface area contributed by atoms with Crippen molar-refractivity contribution in [2.24, 2.45) is 5.92 Å². The molecule has 0 unspecified atom stereocenters. The fourth-order valence-electron chi connectivity index (χ4n) is 6.86. The summed E-state index contributed by atoms with van der Waals surface area (Å²) in [6.07, 6.45) is 9.97. The number of carbonyl (C=O) groups is 1. The number of hydrogen-bond acceptors (Lipinski definition) is 8. The number of ether oxygens (including phenoxy) is 1. The number of hydrogen-bond donors (Lipinski definition) is 0. The van der Waals surface area contributed by atoms with Gasteiger partial charge in [-0.2, -0.15) is 9.97 Å². The van der Waals surface area contributed by atoms with Crippen molar-refractivity contribution in [1.82, 2.24) is 24.8 Å². The molecular weight excluding hydrogens is 564 g/mol. The molecule has 6 rings (SSSR count). The third-order valence-corrected chi connectivity index (χ3v) is 9.85. The molecule has 0 bridgehead atoms. The van der Waals surface area contributed by atoms with Crippen molar-refractivity contribution in [3.8, 4) is 6.01 Å². The molecule has 0 spiro atoms. The van der Waals surface area contributed by atoms with E-state index in [1.165, 1.54) is 36.3 Å². The lowest BCUT2D eigenvalue weighted by Crippen LogP contribution is -2.56. The largest absolute Gasteiger partial charge is 0.462 e. The van der Waals surface area contributed by atoms with Crippen molar-refractivity contribution in [3.05, 3.63) is 71.5 Å². The van der Waals surface area contributed by atoms with Crippen LogP contribution in [0.3, 0.4) is 0 Å². The molecule has 3 aromatic rings. The molecule has 1 saturated heterocycles. The Bertz CT molecular complexity index is 1590. The van der Waals surface area contributed by atoms with Gasteiger partial charge in [0.25, 0.3) is 0 Å². The second-order valence-electron chi connectivity index (χ2n) is 12.8. The number of aromatic nitrogens is 3. The molecule has 10 heteroatoms. The molecule has 2 atom stereocenters. The van der Waals surface area contributed by atoms with Gasteiger partial charge in [-0.25, -0.2) is 6.57 Å². The van der Waals surface area contributed by atoms with Crippen LogP contribution in [0.25, 0.3) is 15.6 Å². The number of rotatable bonds is 10. The van der Waals surface area contributed by atoms with Crippen LogP contribution in [-0.4, -0.2) is 95.7 Å². The van der Waals surface area contributed by atoms with Crippen LogP contribution < -0.4 is 14.5 Å². The number of amides is 1. The molecule has 236 valence electrons. The Morgan fingerprint density at radius 2 is 2.07 bits per heavy atom. The first-order valence-corrected chi connectivity index (χ1v) is 16.2. The summed E-state index contributed by atoms with van der Waals surface area (Å²) in [6, 6.07) is 6.71. The van der Waals surface area contributed by atoms with Crippen LogP contribution in [0.4, 0.5) is 11.5 Å². The smallest absolute Gasteiger partial charge is 0.318 e. The van der Waals surface area contributed by atoms with Crippen LogP contribution in [0, 0.1) is 19.4 Å². The molecule has 10 nitrogen and oxygen atoms in total. The SMILES string of the molecule is [C-]#[N+]C[C@H]1CN(c2nc(OC[C@H](C)N(C)CC3CCC3)nc3c2CCN(c2cncc4cccc(C)c24)C3)CCN1C(=O)C=C. The minimum atomic E-state index is -0.235. The van der Waals surface area contributed by atoms with E-state index in [0.29, 0.717) is 38.8 Å². The molecule has 1 aromatic carbocycles.